The second kappa shape index (κ2) is 9.78. The van der Waals surface area contributed by atoms with Gasteiger partial charge in [-0.05, 0) is 51.1 Å². The molecule has 3 heteroatoms. The van der Waals surface area contributed by atoms with E-state index in [1.165, 1.54) is 12.0 Å². The van der Waals surface area contributed by atoms with Crippen LogP contribution in [-0.4, -0.2) is 37.7 Å². The van der Waals surface area contributed by atoms with Gasteiger partial charge in [-0.25, -0.2) is 0 Å². The average molecular weight is 278 g/mol. The normalized spacial score (nSPS) is 12.7. The van der Waals surface area contributed by atoms with Crippen LogP contribution in [0.1, 0.15) is 39.2 Å². The zero-order valence-electron chi connectivity index (χ0n) is 13.5. The zero-order chi connectivity index (χ0) is 14.8. The zero-order valence-corrected chi connectivity index (χ0v) is 13.5. The molecule has 0 bridgehead atoms. The van der Waals surface area contributed by atoms with E-state index in [1.807, 2.05) is 6.07 Å². The lowest BCUT2D eigenvalue weighted by Gasteiger charge is -2.23. The van der Waals surface area contributed by atoms with Crippen LogP contribution >= 0.6 is 0 Å². The summed E-state index contributed by atoms with van der Waals surface area (Å²) in [6.07, 6.45) is 2.34. The second-order valence-corrected chi connectivity index (χ2v) is 5.41. The first-order valence-electron chi connectivity index (χ1n) is 7.80. The highest BCUT2D eigenvalue weighted by molar-refractivity contribution is 5.28. The summed E-state index contributed by atoms with van der Waals surface area (Å²) in [5.41, 5.74) is 1.28. The van der Waals surface area contributed by atoms with Crippen LogP contribution in [0.4, 0.5) is 0 Å². The number of rotatable bonds is 10. The lowest BCUT2D eigenvalue weighted by atomic mass is 10.2. The minimum absolute atomic E-state index is 0.614. The van der Waals surface area contributed by atoms with E-state index < -0.39 is 0 Å². The van der Waals surface area contributed by atoms with Gasteiger partial charge in [-0.15, -0.1) is 0 Å². The molecule has 0 saturated carbocycles. The van der Waals surface area contributed by atoms with Gasteiger partial charge in [-0.2, -0.15) is 0 Å². The van der Waals surface area contributed by atoms with Gasteiger partial charge in [0.15, 0.2) is 0 Å². The van der Waals surface area contributed by atoms with Crippen molar-refractivity contribution in [2.75, 3.05) is 26.7 Å². The van der Waals surface area contributed by atoms with Gasteiger partial charge in [0.2, 0.25) is 0 Å². The van der Waals surface area contributed by atoms with Crippen LogP contribution in [0.3, 0.4) is 0 Å². The number of ether oxygens (including phenoxy) is 1. The highest BCUT2D eigenvalue weighted by atomic mass is 16.5. The molecule has 1 aromatic rings. The lowest BCUT2D eigenvalue weighted by Crippen LogP contribution is -2.32. The van der Waals surface area contributed by atoms with Crippen LogP contribution in [0.25, 0.3) is 0 Å². The molecule has 0 aliphatic carbocycles. The third-order valence-corrected chi connectivity index (χ3v) is 3.71. The SMILES string of the molecule is CCCNCc1cccc(OCCN(C)C(C)CC)c1. The maximum atomic E-state index is 5.85. The monoisotopic (exact) mass is 278 g/mol. The van der Waals surface area contributed by atoms with E-state index in [0.29, 0.717) is 6.04 Å². The van der Waals surface area contributed by atoms with Crippen LogP contribution in [-0.2, 0) is 6.54 Å². The number of nitrogens with one attached hydrogen (secondary N) is 1. The third kappa shape index (κ3) is 6.40. The first-order chi connectivity index (χ1) is 9.67. The Hall–Kier alpha value is -1.06. The molecule has 0 heterocycles. The molecule has 1 N–H and O–H groups in total. The van der Waals surface area contributed by atoms with Crippen molar-refractivity contribution < 1.29 is 4.74 Å². The molecule has 0 aliphatic heterocycles. The molecule has 0 fully saturated rings. The molecule has 0 aromatic heterocycles. The van der Waals surface area contributed by atoms with Gasteiger partial charge < -0.3 is 15.0 Å². The van der Waals surface area contributed by atoms with E-state index in [2.05, 4.69) is 56.2 Å². The van der Waals surface area contributed by atoms with Gasteiger partial charge in [-0.3, -0.25) is 0 Å². The number of benzene rings is 1. The molecule has 0 aliphatic rings. The van der Waals surface area contributed by atoms with E-state index in [-0.39, 0.29) is 0 Å². The first kappa shape index (κ1) is 17.0. The molecule has 0 spiro atoms. The Labute approximate surface area is 124 Å². The van der Waals surface area contributed by atoms with Gasteiger partial charge in [-0.1, -0.05) is 26.0 Å². The lowest BCUT2D eigenvalue weighted by molar-refractivity contribution is 0.196. The fourth-order valence-corrected chi connectivity index (χ4v) is 1.99. The standard InChI is InChI=1S/C17H30N2O/c1-5-10-18-14-16-8-7-9-17(13-16)20-12-11-19(4)15(3)6-2/h7-9,13,15,18H,5-6,10-12,14H2,1-4H3. The van der Waals surface area contributed by atoms with Crippen molar-refractivity contribution in [3.8, 4) is 5.75 Å². The van der Waals surface area contributed by atoms with E-state index in [0.717, 1.165) is 38.4 Å². The highest BCUT2D eigenvalue weighted by Gasteiger charge is 2.06. The van der Waals surface area contributed by atoms with E-state index in [9.17, 15) is 0 Å². The molecule has 0 saturated heterocycles. The first-order valence-corrected chi connectivity index (χ1v) is 7.80. The summed E-state index contributed by atoms with van der Waals surface area (Å²) >= 11 is 0. The number of hydrogen-bond donors (Lipinski definition) is 1. The molecule has 1 rings (SSSR count). The summed E-state index contributed by atoms with van der Waals surface area (Å²) < 4.78 is 5.85. The van der Waals surface area contributed by atoms with Crippen molar-refractivity contribution in [3.05, 3.63) is 29.8 Å². The van der Waals surface area contributed by atoms with Gasteiger partial charge in [0.25, 0.3) is 0 Å². The van der Waals surface area contributed by atoms with Gasteiger partial charge in [0.1, 0.15) is 12.4 Å². The average Bonchev–Trinajstić information content (AvgIpc) is 2.47. The molecular weight excluding hydrogens is 248 g/mol. The van der Waals surface area contributed by atoms with Crippen molar-refractivity contribution in [2.45, 2.75) is 46.2 Å². The molecule has 1 unspecified atom stereocenters. The molecular formula is C17H30N2O. The molecule has 114 valence electrons. The fourth-order valence-electron chi connectivity index (χ4n) is 1.99. The Morgan fingerprint density at radius 1 is 1.30 bits per heavy atom. The van der Waals surface area contributed by atoms with Crippen molar-refractivity contribution in [2.24, 2.45) is 0 Å². The maximum Gasteiger partial charge on any atom is 0.119 e. The molecule has 3 nitrogen and oxygen atoms in total. The quantitative estimate of drug-likeness (QED) is 0.665. The fraction of sp³-hybridized carbons (Fsp3) is 0.647. The summed E-state index contributed by atoms with van der Waals surface area (Å²) in [6, 6.07) is 8.99. The topological polar surface area (TPSA) is 24.5 Å². The smallest absolute Gasteiger partial charge is 0.119 e. The molecule has 0 radical (unpaired) electrons. The number of nitrogens with zero attached hydrogens (tertiary/aromatic N) is 1. The summed E-state index contributed by atoms with van der Waals surface area (Å²) in [7, 11) is 2.16. The summed E-state index contributed by atoms with van der Waals surface area (Å²) in [5.74, 6) is 0.971. The van der Waals surface area contributed by atoms with Crippen molar-refractivity contribution in [1.29, 1.82) is 0 Å². The maximum absolute atomic E-state index is 5.85. The Kier molecular flexibility index (Phi) is 8.31. The van der Waals surface area contributed by atoms with Gasteiger partial charge in [0.05, 0.1) is 0 Å². The van der Waals surface area contributed by atoms with E-state index >= 15 is 0 Å². The highest BCUT2D eigenvalue weighted by Crippen LogP contribution is 2.13. The van der Waals surface area contributed by atoms with Crippen LogP contribution < -0.4 is 10.1 Å². The summed E-state index contributed by atoms with van der Waals surface area (Å²) in [5, 5.41) is 3.41. The number of likely N-dealkylation sites (N-methyl/N-ethyl adjacent to an activating group) is 1. The summed E-state index contributed by atoms with van der Waals surface area (Å²) in [4.78, 5) is 2.34. The molecule has 1 aromatic carbocycles. The van der Waals surface area contributed by atoms with Crippen LogP contribution in [0.15, 0.2) is 24.3 Å². The second-order valence-electron chi connectivity index (χ2n) is 5.41. The predicted octanol–water partition coefficient (Wildman–Crippen LogP) is 3.30. The number of hydrogen-bond acceptors (Lipinski definition) is 3. The Balaban J connectivity index is 2.34. The molecule has 20 heavy (non-hydrogen) atoms. The molecule has 0 amide bonds. The van der Waals surface area contributed by atoms with Gasteiger partial charge >= 0.3 is 0 Å². The van der Waals surface area contributed by atoms with Crippen LogP contribution in [0.5, 0.6) is 5.75 Å². The van der Waals surface area contributed by atoms with Crippen molar-refractivity contribution in [1.82, 2.24) is 10.2 Å². The Bertz CT molecular complexity index is 368. The Morgan fingerprint density at radius 3 is 2.80 bits per heavy atom. The van der Waals surface area contributed by atoms with Crippen LogP contribution in [0.2, 0.25) is 0 Å². The van der Waals surface area contributed by atoms with Crippen molar-refractivity contribution >= 4 is 0 Å². The Morgan fingerprint density at radius 2 is 2.10 bits per heavy atom. The molecule has 1 atom stereocenters. The summed E-state index contributed by atoms with van der Waals surface area (Å²) in [6.45, 7) is 10.3. The van der Waals surface area contributed by atoms with E-state index in [4.69, 9.17) is 4.74 Å². The van der Waals surface area contributed by atoms with Gasteiger partial charge in [0, 0.05) is 19.1 Å². The van der Waals surface area contributed by atoms with Crippen LogP contribution in [0, 0.1) is 0 Å². The minimum Gasteiger partial charge on any atom is -0.492 e. The minimum atomic E-state index is 0.614. The van der Waals surface area contributed by atoms with Crippen molar-refractivity contribution in [3.63, 3.8) is 0 Å². The largest absolute Gasteiger partial charge is 0.492 e. The third-order valence-electron chi connectivity index (χ3n) is 3.71. The predicted molar refractivity (Wildman–Crippen MR) is 86.3 cm³/mol. The van der Waals surface area contributed by atoms with E-state index in [1.54, 1.807) is 0 Å².